The number of ether oxygens (including phenoxy) is 1. The van der Waals surface area contributed by atoms with Crippen molar-refractivity contribution < 1.29 is 14.1 Å². The maximum atomic E-state index is 13.3. The van der Waals surface area contributed by atoms with Crippen LogP contribution >= 0.6 is 0 Å². The van der Waals surface area contributed by atoms with E-state index in [0.717, 1.165) is 0 Å². The molecule has 0 amide bonds. The highest BCUT2D eigenvalue weighted by Gasteiger charge is 2.14. The lowest BCUT2D eigenvalue weighted by Gasteiger charge is -2.09. The number of hydrogen-bond donors (Lipinski definition) is 1. The first-order valence-electron chi connectivity index (χ1n) is 6.41. The molecule has 22 heavy (non-hydrogen) atoms. The number of benzene rings is 2. The molecule has 2 aromatic rings. The van der Waals surface area contributed by atoms with Crippen LogP contribution < -0.4 is 10.1 Å². The van der Waals surface area contributed by atoms with Crippen molar-refractivity contribution in [1.82, 2.24) is 0 Å². The van der Waals surface area contributed by atoms with E-state index in [0.29, 0.717) is 0 Å². The summed E-state index contributed by atoms with van der Waals surface area (Å²) in [5.74, 6) is -0.342. The normalized spacial score (nSPS) is 9.82. The van der Waals surface area contributed by atoms with Gasteiger partial charge in [0.15, 0.2) is 11.6 Å². The van der Waals surface area contributed by atoms with Crippen molar-refractivity contribution >= 4 is 11.4 Å². The summed E-state index contributed by atoms with van der Waals surface area (Å²) < 4.78 is 18.6. The van der Waals surface area contributed by atoms with Gasteiger partial charge in [0, 0.05) is 12.6 Å². The van der Waals surface area contributed by atoms with Gasteiger partial charge >= 0.3 is 0 Å². The van der Waals surface area contributed by atoms with E-state index in [-0.39, 0.29) is 35.8 Å². The van der Waals surface area contributed by atoms with Crippen molar-refractivity contribution in [2.45, 2.75) is 0 Å². The molecule has 0 atom stereocenters. The van der Waals surface area contributed by atoms with Crippen molar-refractivity contribution in [2.75, 3.05) is 18.5 Å². The number of nitro benzene ring substituents is 1. The first-order chi connectivity index (χ1) is 10.6. The zero-order valence-electron chi connectivity index (χ0n) is 11.5. The van der Waals surface area contributed by atoms with Crippen molar-refractivity contribution in [3.8, 4) is 11.8 Å². The maximum absolute atomic E-state index is 13.3. The molecule has 0 aliphatic rings. The highest BCUT2D eigenvalue weighted by molar-refractivity contribution is 5.64. The number of anilines is 1. The second kappa shape index (κ2) is 7.04. The lowest BCUT2D eigenvalue weighted by molar-refractivity contribution is -0.384. The summed E-state index contributed by atoms with van der Waals surface area (Å²) in [6, 6.07) is 12.0. The average Bonchev–Trinajstić information content (AvgIpc) is 2.53. The largest absolute Gasteiger partial charge is 0.489 e. The van der Waals surface area contributed by atoms with Gasteiger partial charge in [-0.3, -0.25) is 10.1 Å². The zero-order chi connectivity index (χ0) is 15.9. The molecule has 0 unspecified atom stereocenters. The van der Waals surface area contributed by atoms with E-state index >= 15 is 0 Å². The van der Waals surface area contributed by atoms with E-state index < -0.39 is 10.7 Å². The molecule has 0 radical (unpaired) electrons. The summed E-state index contributed by atoms with van der Waals surface area (Å²) in [6.45, 7) is 0.388. The molecule has 0 bridgehead atoms. The molecule has 0 aliphatic heterocycles. The third-order valence-electron chi connectivity index (χ3n) is 2.84. The van der Waals surface area contributed by atoms with E-state index in [2.05, 4.69) is 5.32 Å². The predicted molar refractivity (Wildman–Crippen MR) is 78.2 cm³/mol. The predicted octanol–water partition coefficient (Wildman–Crippen LogP) is 3.10. The van der Waals surface area contributed by atoms with Crippen LogP contribution in [-0.4, -0.2) is 18.1 Å². The first kappa shape index (κ1) is 15.3. The fraction of sp³-hybridized carbons (Fsp3) is 0.133. The molecule has 0 saturated carbocycles. The number of nitrogens with zero attached hydrogens (tertiary/aromatic N) is 2. The Morgan fingerprint density at radius 2 is 2.09 bits per heavy atom. The van der Waals surface area contributed by atoms with Gasteiger partial charge in [0.2, 0.25) is 0 Å². The Kier molecular flexibility index (Phi) is 4.88. The van der Waals surface area contributed by atoms with Crippen LogP contribution in [0.2, 0.25) is 0 Å². The van der Waals surface area contributed by atoms with Crippen LogP contribution in [0.1, 0.15) is 5.56 Å². The van der Waals surface area contributed by atoms with Crippen LogP contribution in [0.3, 0.4) is 0 Å². The fourth-order valence-corrected chi connectivity index (χ4v) is 1.81. The lowest BCUT2D eigenvalue weighted by Crippen LogP contribution is -2.13. The summed E-state index contributed by atoms with van der Waals surface area (Å²) in [4.78, 5) is 10.4. The van der Waals surface area contributed by atoms with Gasteiger partial charge in [0.05, 0.1) is 16.6 Å². The van der Waals surface area contributed by atoms with E-state index in [1.165, 1.54) is 30.3 Å². The van der Waals surface area contributed by atoms with Crippen molar-refractivity contribution in [1.29, 1.82) is 5.26 Å². The molecule has 112 valence electrons. The minimum atomic E-state index is -0.569. The fourth-order valence-electron chi connectivity index (χ4n) is 1.81. The Hall–Kier alpha value is -3.14. The summed E-state index contributed by atoms with van der Waals surface area (Å²) in [7, 11) is 0. The molecule has 0 aromatic heterocycles. The lowest BCUT2D eigenvalue weighted by atomic mass is 10.2. The molecule has 0 aliphatic carbocycles. The number of hydrogen-bond acceptors (Lipinski definition) is 5. The SMILES string of the molecule is N#Cc1ccc(NCCOc2ccccc2F)c([N+](=O)[O-])c1. The van der Waals surface area contributed by atoms with Crippen LogP contribution in [0.15, 0.2) is 42.5 Å². The third kappa shape index (κ3) is 3.70. The molecular formula is C15H12FN3O3. The highest BCUT2D eigenvalue weighted by Crippen LogP contribution is 2.25. The number of nitro groups is 1. The summed E-state index contributed by atoms with van der Waals surface area (Å²) >= 11 is 0. The number of para-hydroxylation sites is 1. The second-order valence-electron chi connectivity index (χ2n) is 4.31. The Morgan fingerprint density at radius 1 is 1.32 bits per heavy atom. The number of rotatable bonds is 6. The molecule has 0 heterocycles. The summed E-state index contributed by atoms with van der Waals surface area (Å²) in [5, 5.41) is 22.6. The van der Waals surface area contributed by atoms with Gasteiger partial charge < -0.3 is 10.1 Å². The Labute approximate surface area is 125 Å². The Balaban J connectivity index is 1.96. The second-order valence-corrected chi connectivity index (χ2v) is 4.31. The number of halogens is 1. The molecule has 0 fully saturated rings. The minimum Gasteiger partial charge on any atom is -0.489 e. The summed E-state index contributed by atoms with van der Waals surface area (Å²) in [5.41, 5.74) is 0.297. The average molecular weight is 301 g/mol. The quantitative estimate of drug-likeness (QED) is 0.503. The Morgan fingerprint density at radius 3 is 2.77 bits per heavy atom. The molecule has 7 heteroatoms. The van der Waals surface area contributed by atoms with Crippen molar-refractivity contribution in [3.63, 3.8) is 0 Å². The van der Waals surface area contributed by atoms with Crippen LogP contribution in [0, 0.1) is 27.3 Å². The molecule has 0 saturated heterocycles. The standard InChI is InChI=1S/C15H12FN3O3/c16-12-3-1-2-4-15(12)22-8-7-18-13-6-5-11(10-17)9-14(13)19(20)21/h1-6,9,18H,7-8H2. The van der Waals surface area contributed by atoms with E-state index in [4.69, 9.17) is 10.00 Å². The molecule has 2 aromatic carbocycles. The van der Waals surface area contributed by atoms with Crippen LogP contribution in [-0.2, 0) is 0 Å². The van der Waals surface area contributed by atoms with Gasteiger partial charge in [-0.15, -0.1) is 0 Å². The smallest absolute Gasteiger partial charge is 0.293 e. The number of nitriles is 1. The van der Waals surface area contributed by atoms with Crippen LogP contribution in [0.25, 0.3) is 0 Å². The first-order valence-corrected chi connectivity index (χ1v) is 6.41. The van der Waals surface area contributed by atoms with Gasteiger partial charge in [-0.2, -0.15) is 5.26 Å². The highest BCUT2D eigenvalue weighted by atomic mass is 19.1. The van der Waals surface area contributed by atoms with Crippen LogP contribution in [0.5, 0.6) is 5.75 Å². The topological polar surface area (TPSA) is 88.2 Å². The zero-order valence-corrected chi connectivity index (χ0v) is 11.5. The molecule has 1 N–H and O–H groups in total. The van der Waals surface area contributed by atoms with Gasteiger partial charge in [-0.1, -0.05) is 12.1 Å². The maximum Gasteiger partial charge on any atom is 0.293 e. The van der Waals surface area contributed by atoms with Crippen molar-refractivity contribution in [2.24, 2.45) is 0 Å². The van der Waals surface area contributed by atoms with Gasteiger partial charge in [-0.05, 0) is 24.3 Å². The molecular weight excluding hydrogens is 289 g/mol. The van der Waals surface area contributed by atoms with Gasteiger partial charge in [-0.25, -0.2) is 4.39 Å². The minimum absolute atomic E-state index is 0.124. The molecule has 0 spiro atoms. The molecule has 2 rings (SSSR count). The van der Waals surface area contributed by atoms with Crippen molar-refractivity contribution in [3.05, 3.63) is 64.0 Å². The Bertz CT molecular complexity index is 728. The monoisotopic (exact) mass is 301 g/mol. The summed E-state index contributed by atoms with van der Waals surface area (Å²) in [6.07, 6.45) is 0. The van der Waals surface area contributed by atoms with Crippen LogP contribution in [0.4, 0.5) is 15.8 Å². The van der Waals surface area contributed by atoms with Gasteiger partial charge in [0.25, 0.3) is 5.69 Å². The van der Waals surface area contributed by atoms with Gasteiger partial charge in [0.1, 0.15) is 12.3 Å². The number of nitrogens with one attached hydrogen (secondary N) is 1. The van der Waals surface area contributed by atoms with E-state index in [1.54, 1.807) is 12.1 Å². The van der Waals surface area contributed by atoms with E-state index in [9.17, 15) is 14.5 Å². The third-order valence-corrected chi connectivity index (χ3v) is 2.84. The molecule has 6 nitrogen and oxygen atoms in total. The van der Waals surface area contributed by atoms with E-state index in [1.807, 2.05) is 6.07 Å².